The van der Waals surface area contributed by atoms with E-state index in [0.29, 0.717) is 0 Å². The van der Waals surface area contributed by atoms with Crippen LogP contribution >= 0.6 is 15.9 Å². The molecule has 4 nitrogen and oxygen atoms in total. The topological polar surface area (TPSA) is 49.6 Å². The second-order valence-electron chi connectivity index (χ2n) is 3.67. The molecule has 2 aromatic rings. The first kappa shape index (κ1) is 11.4. The third-order valence-corrected chi connectivity index (χ3v) is 3.07. The lowest BCUT2D eigenvalue weighted by Gasteiger charge is -2.01. The number of imidazole rings is 1. The first-order valence-corrected chi connectivity index (χ1v) is 6.01. The minimum Gasteiger partial charge on any atom is -0.508 e. The van der Waals surface area contributed by atoms with Gasteiger partial charge in [-0.2, -0.15) is 0 Å². The van der Waals surface area contributed by atoms with Crippen molar-refractivity contribution in [3.63, 3.8) is 0 Å². The van der Waals surface area contributed by atoms with Crippen LogP contribution in [0, 0.1) is 0 Å². The molecule has 2 N–H and O–H groups in total. The maximum atomic E-state index is 9.41. The molecule has 0 spiro atoms. The van der Waals surface area contributed by atoms with Crippen molar-refractivity contribution in [2.45, 2.75) is 12.8 Å². The van der Waals surface area contributed by atoms with E-state index in [-0.39, 0.29) is 5.75 Å². The summed E-state index contributed by atoms with van der Waals surface area (Å²) in [7, 11) is 1.94. The maximum absolute atomic E-state index is 9.41. The van der Waals surface area contributed by atoms with E-state index in [1.165, 1.54) is 0 Å². The van der Waals surface area contributed by atoms with E-state index in [4.69, 9.17) is 0 Å². The van der Waals surface area contributed by atoms with E-state index in [0.717, 1.165) is 35.3 Å². The van der Waals surface area contributed by atoms with Gasteiger partial charge >= 0.3 is 0 Å². The molecule has 0 unspecified atom stereocenters. The van der Waals surface area contributed by atoms with Gasteiger partial charge in [0.2, 0.25) is 0 Å². The Morgan fingerprint density at radius 1 is 1.56 bits per heavy atom. The predicted octanol–water partition coefficient (Wildman–Crippen LogP) is 1.95. The van der Waals surface area contributed by atoms with Gasteiger partial charge in [-0.3, -0.25) is 0 Å². The summed E-state index contributed by atoms with van der Waals surface area (Å²) in [6.45, 7) is 0.977. The SMILES string of the molecule is CNCCCc1nc(Br)c2cc(O)ccn12. The molecular formula is C11H14BrN3O. The van der Waals surface area contributed by atoms with Crippen molar-refractivity contribution >= 4 is 21.4 Å². The minimum atomic E-state index is 0.259. The third-order valence-electron chi connectivity index (χ3n) is 2.48. The molecule has 0 bridgehead atoms. The zero-order chi connectivity index (χ0) is 11.5. The molecule has 0 saturated heterocycles. The summed E-state index contributed by atoms with van der Waals surface area (Å²) in [5.41, 5.74) is 0.902. The van der Waals surface area contributed by atoms with E-state index in [2.05, 4.69) is 26.2 Å². The van der Waals surface area contributed by atoms with Crippen LogP contribution in [0.2, 0.25) is 0 Å². The highest BCUT2D eigenvalue weighted by Gasteiger charge is 2.08. The van der Waals surface area contributed by atoms with Crippen molar-refractivity contribution in [3.05, 3.63) is 28.8 Å². The third kappa shape index (κ3) is 2.20. The van der Waals surface area contributed by atoms with E-state index in [1.807, 2.05) is 17.6 Å². The molecule has 5 heteroatoms. The van der Waals surface area contributed by atoms with Gasteiger partial charge < -0.3 is 14.8 Å². The number of aryl methyl sites for hydroxylation is 1. The highest BCUT2D eigenvalue weighted by Crippen LogP contribution is 2.23. The van der Waals surface area contributed by atoms with Crippen LogP contribution in [-0.2, 0) is 6.42 Å². The fourth-order valence-corrected chi connectivity index (χ4v) is 2.21. The number of halogens is 1. The van der Waals surface area contributed by atoms with Gasteiger partial charge in [0.1, 0.15) is 16.2 Å². The van der Waals surface area contributed by atoms with E-state index < -0.39 is 0 Å². The van der Waals surface area contributed by atoms with Crippen LogP contribution in [0.1, 0.15) is 12.2 Å². The van der Waals surface area contributed by atoms with Crippen molar-refractivity contribution in [3.8, 4) is 5.75 Å². The van der Waals surface area contributed by atoms with Gasteiger partial charge in [0, 0.05) is 18.7 Å². The Morgan fingerprint density at radius 3 is 3.12 bits per heavy atom. The fourth-order valence-electron chi connectivity index (χ4n) is 1.70. The van der Waals surface area contributed by atoms with Gasteiger partial charge in [0.05, 0.1) is 5.52 Å². The lowest BCUT2D eigenvalue weighted by molar-refractivity contribution is 0.475. The molecule has 0 aromatic carbocycles. The van der Waals surface area contributed by atoms with Crippen molar-refractivity contribution in [2.24, 2.45) is 0 Å². The summed E-state index contributed by atoms with van der Waals surface area (Å²) in [6, 6.07) is 3.38. The zero-order valence-corrected chi connectivity index (χ0v) is 10.7. The van der Waals surface area contributed by atoms with Crippen LogP contribution in [0.15, 0.2) is 22.9 Å². The average molecular weight is 284 g/mol. The molecule has 0 aliphatic heterocycles. The molecule has 0 amide bonds. The van der Waals surface area contributed by atoms with Gasteiger partial charge in [0.15, 0.2) is 0 Å². The first-order valence-electron chi connectivity index (χ1n) is 5.22. The van der Waals surface area contributed by atoms with Crippen LogP contribution in [0.5, 0.6) is 5.75 Å². The number of nitrogens with one attached hydrogen (secondary N) is 1. The Balaban J connectivity index is 2.32. The summed E-state index contributed by atoms with van der Waals surface area (Å²) < 4.78 is 2.78. The number of hydrogen-bond acceptors (Lipinski definition) is 3. The molecule has 0 aliphatic rings. The molecule has 0 aliphatic carbocycles. The molecule has 16 heavy (non-hydrogen) atoms. The maximum Gasteiger partial charge on any atom is 0.132 e. The number of aromatic nitrogens is 2. The predicted molar refractivity (Wildman–Crippen MR) is 66.8 cm³/mol. The molecule has 2 rings (SSSR count). The number of pyridine rings is 1. The van der Waals surface area contributed by atoms with Gasteiger partial charge in [-0.15, -0.1) is 0 Å². The van der Waals surface area contributed by atoms with Crippen molar-refractivity contribution < 1.29 is 5.11 Å². The first-order chi connectivity index (χ1) is 7.72. The number of aromatic hydroxyl groups is 1. The lowest BCUT2D eigenvalue weighted by atomic mass is 10.3. The van der Waals surface area contributed by atoms with Gasteiger partial charge in [0.25, 0.3) is 0 Å². The summed E-state index contributed by atoms with van der Waals surface area (Å²) in [5, 5.41) is 12.5. The Morgan fingerprint density at radius 2 is 2.38 bits per heavy atom. The number of hydrogen-bond donors (Lipinski definition) is 2. The van der Waals surface area contributed by atoms with Crippen molar-refractivity contribution in [1.29, 1.82) is 0 Å². The quantitative estimate of drug-likeness (QED) is 0.844. The second kappa shape index (κ2) is 4.84. The second-order valence-corrected chi connectivity index (χ2v) is 4.42. The molecule has 0 fully saturated rings. The summed E-state index contributed by atoms with van der Waals surface area (Å²) >= 11 is 3.40. The molecular weight excluding hydrogens is 270 g/mol. The van der Waals surface area contributed by atoms with Gasteiger partial charge in [-0.1, -0.05) is 0 Å². The molecule has 0 saturated carbocycles. The zero-order valence-electron chi connectivity index (χ0n) is 9.07. The number of fused-ring (bicyclic) bond motifs is 1. The molecule has 2 aromatic heterocycles. The fraction of sp³-hybridized carbons (Fsp3) is 0.364. The Bertz CT molecular complexity index is 495. The van der Waals surface area contributed by atoms with Gasteiger partial charge in [-0.25, -0.2) is 4.98 Å². The molecule has 0 radical (unpaired) electrons. The van der Waals surface area contributed by atoms with Gasteiger partial charge in [-0.05, 0) is 42.0 Å². The van der Waals surface area contributed by atoms with Crippen molar-refractivity contribution in [1.82, 2.24) is 14.7 Å². The monoisotopic (exact) mass is 283 g/mol. The molecule has 2 heterocycles. The van der Waals surface area contributed by atoms with Crippen LogP contribution < -0.4 is 5.32 Å². The molecule has 0 atom stereocenters. The van der Waals surface area contributed by atoms with Crippen LogP contribution in [0.3, 0.4) is 0 Å². The van der Waals surface area contributed by atoms with Crippen molar-refractivity contribution in [2.75, 3.05) is 13.6 Å². The van der Waals surface area contributed by atoms with Crippen LogP contribution in [-0.4, -0.2) is 28.1 Å². The lowest BCUT2D eigenvalue weighted by Crippen LogP contribution is -2.09. The van der Waals surface area contributed by atoms with Crippen LogP contribution in [0.4, 0.5) is 0 Å². The Kier molecular flexibility index (Phi) is 3.46. The standard InChI is InChI=1S/C11H14BrN3O/c1-13-5-2-3-10-14-11(12)9-7-8(16)4-6-15(9)10/h4,6-7,13,16H,2-3,5H2,1H3. The summed E-state index contributed by atoms with van der Waals surface area (Å²) in [5.74, 6) is 1.27. The Hall–Kier alpha value is -1.07. The Labute approximate surface area is 102 Å². The summed E-state index contributed by atoms with van der Waals surface area (Å²) in [4.78, 5) is 4.44. The highest BCUT2D eigenvalue weighted by molar-refractivity contribution is 9.10. The number of rotatable bonds is 4. The molecule has 86 valence electrons. The number of nitrogens with zero attached hydrogens (tertiary/aromatic N) is 2. The minimum absolute atomic E-state index is 0.259. The van der Waals surface area contributed by atoms with E-state index >= 15 is 0 Å². The van der Waals surface area contributed by atoms with Crippen LogP contribution in [0.25, 0.3) is 5.52 Å². The van der Waals surface area contributed by atoms with E-state index in [1.54, 1.807) is 12.1 Å². The van der Waals surface area contributed by atoms with E-state index in [9.17, 15) is 5.11 Å². The normalized spacial score (nSPS) is 11.1. The smallest absolute Gasteiger partial charge is 0.132 e. The average Bonchev–Trinajstić information content (AvgIpc) is 2.56. The largest absolute Gasteiger partial charge is 0.508 e. The highest BCUT2D eigenvalue weighted by atomic mass is 79.9. The summed E-state index contributed by atoms with van der Waals surface area (Å²) in [6.07, 6.45) is 3.80.